The number of rotatable bonds is 2. The highest BCUT2D eigenvalue weighted by molar-refractivity contribution is 6.35. The molecule has 0 N–H and O–H groups in total. The van der Waals surface area contributed by atoms with Crippen LogP contribution in [0.3, 0.4) is 0 Å². The van der Waals surface area contributed by atoms with Gasteiger partial charge in [0, 0.05) is 54.4 Å². The van der Waals surface area contributed by atoms with E-state index in [0.717, 1.165) is 43.8 Å². The molecule has 1 aromatic rings. The molecule has 2 aliphatic heterocycles. The first-order chi connectivity index (χ1) is 12.1. The van der Waals surface area contributed by atoms with Crippen molar-refractivity contribution in [2.75, 3.05) is 13.1 Å². The minimum absolute atomic E-state index is 0.0684. The van der Waals surface area contributed by atoms with Crippen LogP contribution in [0.5, 0.6) is 0 Å². The number of carbonyl (C=O) groups is 1. The zero-order chi connectivity index (χ0) is 19.1. The van der Waals surface area contributed by atoms with Crippen LogP contribution in [0.2, 0.25) is 10.0 Å². The van der Waals surface area contributed by atoms with Crippen LogP contribution in [-0.4, -0.2) is 35.6 Å². The van der Waals surface area contributed by atoms with Crippen LogP contribution in [-0.2, 0) is 9.53 Å². The molecule has 2 aliphatic rings. The number of hydrogen-bond donors (Lipinski definition) is 0. The maximum Gasteiger partial charge on any atom is 0.303 e. The number of ether oxygens (including phenoxy) is 1. The summed E-state index contributed by atoms with van der Waals surface area (Å²) in [6.07, 6.45) is 4.00. The van der Waals surface area contributed by atoms with Gasteiger partial charge in [-0.05, 0) is 36.5 Å². The summed E-state index contributed by atoms with van der Waals surface area (Å²) in [5.74, 6) is 0.266. The fourth-order valence-electron chi connectivity index (χ4n) is 4.70. The van der Waals surface area contributed by atoms with E-state index in [0.29, 0.717) is 17.0 Å². The Hall–Kier alpha value is -0.770. The number of benzene rings is 1. The Morgan fingerprint density at radius 1 is 1.27 bits per heavy atom. The highest BCUT2D eigenvalue weighted by atomic mass is 35.5. The lowest BCUT2D eigenvalue weighted by molar-refractivity contribution is -0.186. The molecule has 2 saturated heterocycles. The molecule has 0 radical (unpaired) electrons. The van der Waals surface area contributed by atoms with Crippen molar-refractivity contribution in [3.05, 3.63) is 33.8 Å². The molecule has 0 aliphatic carbocycles. The molecular formula is C21H29Cl2NO2. The molecule has 0 unspecified atom stereocenters. The summed E-state index contributed by atoms with van der Waals surface area (Å²) in [5.41, 5.74) is 0.758. The van der Waals surface area contributed by atoms with Gasteiger partial charge in [0.15, 0.2) is 0 Å². The van der Waals surface area contributed by atoms with E-state index in [1.807, 2.05) is 12.1 Å². The van der Waals surface area contributed by atoms with E-state index >= 15 is 0 Å². The number of halogens is 2. The quantitative estimate of drug-likeness (QED) is 0.600. The molecule has 3 atom stereocenters. The van der Waals surface area contributed by atoms with Crippen molar-refractivity contribution < 1.29 is 9.53 Å². The van der Waals surface area contributed by atoms with Gasteiger partial charge in [-0.1, -0.05) is 50.0 Å². The predicted octanol–water partition coefficient (Wildman–Crippen LogP) is 5.68. The van der Waals surface area contributed by atoms with Crippen LogP contribution in [0.25, 0.3) is 0 Å². The van der Waals surface area contributed by atoms with Crippen molar-refractivity contribution in [2.45, 2.75) is 70.9 Å². The standard InChI is InChI=1S/C21H29Cl2NO2/c1-14(25)26-21(20(2,3)4)9-10-24-13-15(5-7-17(24)12-21)18-8-6-16(22)11-19(18)23/h6,8,11,15,17H,5,7,9-10,12-13H2,1-4H3/t15-,17+,21-/m0/s1. The molecule has 144 valence electrons. The van der Waals surface area contributed by atoms with Gasteiger partial charge in [-0.25, -0.2) is 0 Å². The third-order valence-electron chi connectivity index (χ3n) is 6.30. The summed E-state index contributed by atoms with van der Waals surface area (Å²) < 4.78 is 5.93. The third kappa shape index (κ3) is 3.90. The zero-order valence-electron chi connectivity index (χ0n) is 16.1. The first-order valence-electron chi connectivity index (χ1n) is 9.50. The first-order valence-corrected chi connectivity index (χ1v) is 10.3. The van der Waals surface area contributed by atoms with E-state index in [2.05, 4.69) is 31.7 Å². The summed E-state index contributed by atoms with van der Waals surface area (Å²) in [7, 11) is 0. The normalized spacial score (nSPS) is 29.9. The van der Waals surface area contributed by atoms with Crippen molar-refractivity contribution in [2.24, 2.45) is 5.41 Å². The fourth-order valence-corrected chi connectivity index (χ4v) is 5.26. The molecule has 26 heavy (non-hydrogen) atoms. The van der Waals surface area contributed by atoms with Crippen molar-refractivity contribution in [1.82, 2.24) is 4.90 Å². The molecule has 0 aromatic heterocycles. The Balaban J connectivity index is 1.75. The molecule has 0 amide bonds. The predicted molar refractivity (Wildman–Crippen MR) is 107 cm³/mol. The van der Waals surface area contributed by atoms with Gasteiger partial charge in [-0.2, -0.15) is 0 Å². The van der Waals surface area contributed by atoms with E-state index < -0.39 is 0 Å². The summed E-state index contributed by atoms with van der Waals surface area (Å²) >= 11 is 12.5. The molecule has 0 bridgehead atoms. The van der Waals surface area contributed by atoms with Crippen LogP contribution in [0, 0.1) is 5.41 Å². The minimum atomic E-state index is -0.370. The summed E-state index contributed by atoms with van der Waals surface area (Å²) in [5, 5.41) is 1.45. The number of hydrogen-bond acceptors (Lipinski definition) is 3. The summed E-state index contributed by atoms with van der Waals surface area (Å²) in [6, 6.07) is 6.30. The van der Waals surface area contributed by atoms with E-state index in [9.17, 15) is 4.79 Å². The van der Waals surface area contributed by atoms with Crippen molar-refractivity contribution in [3.63, 3.8) is 0 Å². The monoisotopic (exact) mass is 397 g/mol. The fraction of sp³-hybridized carbons (Fsp3) is 0.667. The summed E-state index contributed by atoms with van der Waals surface area (Å²) in [4.78, 5) is 14.3. The van der Waals surface area contributed by atoms with Crippen LogP contribution < -0.4 is 0 Å². The summed E-state index contributed by atoms with van der Waals surface area (Å²) in [6.45, 7) is 10.0. The van der Waals surface area contributed by atoms with Crippen molar-refractivity contribution in [3.8, 4) is 0 Å². The number of esters is 1. The maximum atomic E-state index is 11.8. The molecule has 2 fully saturated rings. The van der Waals surface area contributed by atoms with Gasteiger partial charge in [-0.15, -0.1) is 0 Å². The molecule has 1 aromatic carbocycles. The van der Waals surface area contributed by atoms with Gasteiger partial charge in [0.1, 0.15) is 5.60 Å². The molecule has 2 heterocycles. The largest absolute Gasteiger partial charge is 0.459 e. The van der Waals surface area contributed by atoms with E-state index in [1.165, 1.54) is 12.5 Å². The number of piperidine rings is 2. The average molecular weight is 398 g/mol. The first kappa shape index (κ1) is 20.0. The number of carbonyl (C=O) groups excluding carboxylic acids is 1. The Bertz CT molecular complexity index is 685. The van der Waals surface area contributed by atoms with Crippen molar-refractivity contribution >= 4 is 29.2 Å². The van der Waals surface area contributed by atoms with Crippen molar-refractivity contribution in [1.29, 1.82) is 0 Å². The zero-order valence-corrected chi connectivity index (χ0v) is 17.7. The Labute approximate surface area is 167 Å². The van der Waals surface area contributed by atoms with Gasteiger partial charge in [0.05, 0.1) is 0 Å². The Morgan fingerprint density at radius 3 is 2.62 bits per heavy atom. The number of fused-ring (bicyclic) bond motifs is 1. The lowest BCUT2D eigenvalue weighted by Crippen LogP contribution is -2.59. The second kappa shape index (κ2) is 7.33. The molecule has 0 spiro atoms. The van der Waals surface area contributed by atoms with Crippen LogP contribution in [0.1, 0.15) is 64.9 Å². The molecular weight excluding hydrogens is 369 g/mol. The van der Waals surface area contributed by atoms with Gasteiger partial charge in [0.25, 0.3) is 0 Å². The SMILES string of the molecule is CC(=O)O[C@@]1(C(C)(C)C)CCN2C[C@@H](c3ccc(Cl)cc3Cl)CC[C@@H]2C1. The van der Waals surface area contributed by atoms with Gasteiger partial charge >= 0.3 is 5.97 Å². The molecule has 3 rings (SSSR count). The molecule has 5 heteroatoms. The molecule has 0 saturated carbocycles. The Morgan fingerprint density at radius 2 is 2.00 bits per heavy atom. The van der Waals surface area contributed by atoms with E-state index in [-0.39, 0.29) is 17.0 Å². The highest BCUT2D eigenvalue weighted by Crippen LogP contribution is 2.47. The Kier molecular flexibility index (Phi) is 5.63. The average Bonchev–Trinajstić information content (AvgIpc) is 2.53. The van der Waals surface area contributed by atoms with Crippen LogP contribution in [0.4, 0.5) is 0 Å². The van der Waals surface area contributed by atoms with Crippen LogP contribution >= 0.6 is 23.2 Å². The minimum Gasteiger partial charge on any atom is -0.459 e. The number of nitrogens with zero attached hydrogens (tertiary/aromatic N) is 1. The third-order valence-corrected chi connectivity index (χ3v) is 6.86. The smallest absolute Gasteiger partial charge is 0.303 e. The lowest BCUT2D eigenvalue weighted by atomic mass is 9.67. The van der Waals surface area contributed by atoms with E-state index in [4.69, 9.17) is 27.9 Å². The molecule has 3 nitrogen and oxygen atoms in total. The van der Waals surface area contributed by atoms with E-state index in [1.54, 1.807) is 0 Å². The second-order valence-electron chi connectivity index (χ2n) is 8.88. The van der Waals surface area contributed by atoms with Gasteiger partial charge < -0.3 is 4.74 Å². The lowest BCUT2D eigenvalue weighted by Gasteiger charge is -2.54. The highest BCUT2D eigenvalue weighted by Gasteiger charge is 2.51. The van der Waals surface area contributed by atoms with Crippen LogP contribution in [0.15, 0.2) is 18.2 Å². The van der Waals surface area contributed by atoms with Gasteiger partial charge in [-0.3, -0.25) is 9.69 Å². The van der Waals surface area contributed by atoms with Gasteiger partial charge in [0.2, 0.25) is 0 Å². The topological polar surface area (TPSA) is 29.5 Å². The second-order valence-corrected chi connectivity index (χ2v) is 9.72. The maximum absolute atomic E-state index is 11.8.